The molecule has 0 heterocycles. The number of nitrogens with two attached hydrogens (primary N) is 1. The second-order valence-corrected chi connectivity index (χ2v) is 4.22. The summed E-state index contributed by atoms with van der Waals surface area (Å²) in [5, 5.41) is 0. The predicted octanol–water partition coefficient (Wildman–Crippen LogP) is 0.149. The molecule has 0 rings (SSSR count). The zero-order valence-corrected chi connectivity index (χ0v) is 6.92. The SMILES string of the molecule is CC(CCN)CP(=O)(O)O. The average molecular weight is 167 g/mol. The van der Waals surface area contributed by atoms with E-state index in [1.54, 1.807) is 6.92 Å². The molecule has 0 saturated heterocycles. The minimum atomic E-state index is -3.81. The summed E-state index contributed by atoms with van der Waals surface area (Å²) in [6.07, 6.45) is 0.620. The maximum absolute atomic E-state index is 10.4. The Kier molecular flexibility index (Phi) is 4.13. The Morgan fingerprint density at radius 1 is 1.60 bits per heavy atom. The van der Waals surface area contributed by atoms with Crippen molar-refractivity contribution in [2.75, 3.05) is 12.7 Å². The maximum Gasteiger partial charge on any atom is 0.325 e. The highest BCUT2D eigenvalue weighted by molar-refractivity contribution is 7.51. The van der Waals surface area contributed by atoms with Crippen LogP contribution in [0.15, 0.2) is 0 Å². The normalized spacial score (nSPS) is 15.2. The van der Waals surface area contributed by atoms with Crippen molar-refractivity contribution in [3.05, 3.63) is 0 Å². The first-order chi connectivity index (χ1) is 4.45. The van der Waals surface area contributed by atoms with Crippen LogP contribution in [-0.2, 0) is 4.57 Å². The van der Waals surface area contributed by atoms with Crippen molar-refractivity contribution in [1.82, 2.24) is 0 Å². The zero-order valence-electron chi connectivity index (χ0n) is 6.03. The van der Waals surface area contributed by atoms with Crippen LogP contribution < -0.4 is 5.73 Å². The van der Waals surface area contributed by atoms with Gasteiger partial charge in [-0.05, 0) is 18.9 Å². The molecule has 0 radical (unpaired) electrons. The van der Waals surface area contributed by atoms with E-state index in [1.165, 1.54) is 0 Å². The van der Waals surface area contributed by atoms with Crippen LogP contribution in [0.2, 0.25) is 0 Å². The molecule has 0 spiro atoms. The lowest BCUT2D eigenvalue weighted by Gasteiger charge is -2.09. The van der Waals surface area contributed by atoms with Gasteiger partial charge in [0.25, 0.3) is 0 Å². The van der Waals surface area contributed by atoms with Gasteiger partial charge in [0.15, 0.2) is 0 Å². The summed E-state index contributed by atoms with van der Waals surface area (Å²) in [6.45, 7) is 2.27. The van der Waals surface area contributed by atoms with E-state index in [0.29, 0.717) is 13.0 Å². The minimum Gasteiger partial charge on any atom is -0.330 e. The van der Waals surface area contributed by atoms with Gasteiger partial charge < -0.3 is 15.5 Å². The Labute approximate surface area is 60.6 Å². The average Bonchev–Trinajstić information content (AvgIpc) is 1.59. The van der Waals surface area contributed by atoms with Crippen molar-refractivity contribution in [3.63, 3.8) is 0 Å². The second kappa shape index (κ2) is 4.09. The third kappa shape index (κ3) is 6.23. The molecule has 4 nitrogen and oxygen atoms in total. The van der Waals surface area contributed by atoms with Crippen molar-refractivity contribution >= 4 is 7.60 Å². The van der Waals surface area contributed by atoms with Crippen molar-refractivity contribution < 1.29 is 14.4 Å². The zero-order chi connectivity index (χ0) is 8.20. The molecule has 0 fully saturated rings. The van der Waals surface area contributed by atoms with Crippen molar-refractivity contribution in [2.45, 2.75) is 13.3 Å². The summed E-state index contributed by atoms with van der Waals surface area (Å²) in [5.74, 6) is 0.0193. The molecule has 0 amide bonds. The Morgan fingerprint density at radius 2 is 2.10 bits per heavy atom. The fraction of sp³-hybridized carbons (Fsp3) is 1.00. The highest BCUT2D eigenvalue weighted by Crippen LogP contribution is 2.37. The lowest BCUT2D eigenvalue weighted by Crippen LogP contribution is -2.09. The summed E-state index contributed by atoms with van der Waals surface area (Å²) in [5.41, 5.74) is 5.20. The number of hydrogen-bond donors (Lipinski definition) is 3. The van der Waals surface area contributed by atoms with Gasteiger partial charge in [-0.2, -0.15) is 0 Å². The summed E-state index contributed by atoms with van der Waals surface area (Å²) >= 11 is 0. The Bertz CT molecular complexity index is 133. The molecule has 1 atom stereocenters. The fourth-order valence-electron chi connectivity index (χ4n) is 0.782. The number of rotatable bonds is 4. The van der Waals surface area contributed by atoms with Crippen LogP contribution in [0.1, 0.15) is 13.3 Å². The lowest BCUT2D eigenvalue weighted by atomic mass is 10.1. The number of hydrogen-bond acceptors (Lipinski definition) is 2. The smallest absolute Gasteiger partial charge is 0.325 e. The third-order valence-electron chi connectivity index (χ3n) is 1.21. The van der Waals surface area contributed by atoms with Crippen LogP contribution in [-0.4, -0.2) is 22.5 Å². The molecule has 0 aliphatic rings. The first-order valence-electron chi connectivity index (χ1n) is 3.20. The van der Waals surface area contributed by atoms with Gasteiger partial charge in [-0.15, -0.1) is 0 Å². The van der Waals surface area contributed by atoms with Gasteiger partial charge in [0, 0.05) is 0 Å². The molecular formula is C5H14NO3P. The van der Waals surface area contributed by atoms with Gasteiger partial charge in [-0.3, -0.25) is 4.57 Å². The Balaban J connectivity index is 3.58. The fourth-order valence-corrected chi connectivity index (χ4v) is 1.78. The lowest BCUT2D eigenvalue weighted by molar-refractivity contribution is 0.362. The highest BCUT2D eigenvalue weighted by Gasteiger charge is 2.16. The van der Waals surface area contributed by atoms with Gasteiger partial charge >= 0.3 is 7.60 Å². The van der Waals surface area contributed by atoms with E-state index >= 15 is 0 Å². The standard InChI is InChI=1S/C5H14NO3P/c1-5(2-3-6)4-10(7,8)9/h5H,2-4,6H2,1H3,(H2,7,8,9). The minimum absolute atomic E-state index is 0.0193. The molecule has 0 aromatic heterocycles. The highest BCUT2D eigenvalue weighted by atomic mass is 31.2. The molecule has 0 aromatic rings. The van der Waals surface area contributed by atoms with Gasteiger partial charge in [0.1, 0.15) is 0 Å². The van der Waals surface area contributed by atoms with E-state index in [9.17, 15) is 4.57 Å². The maximum atomic E-state index is 10.4. The molecule has 0 aliphatic carbocycles. The van der Waals surface area contributed by atoms with Gasteiger partial charge in [-0.25, -0.2) is 0 Å². The molecule has 0 aliphatic heterocycles. The summed E-state index contributed by atoms with van der Waals surface area (Å²) in [6, 6.07) is 0. The Hall–Kier alpha value is 0.110. The molecule has 1 unspecified atom stereocenters. The molecule has 0 bridgehead atoms. The van der Waals surface area contributed by atoms with E-state index < -0.39 is 7.60 Å². The van der Waals surface area contributed by atoms with E-state index in [0.717, 1.165) is 0 Å². The van der Waals surface area contributed by atoms with Crippen molar-refractivity contribution in [1.29, 1.82) is 0 Å². The summed E-state index contributed by atoms with van der Waals surface area (Å²) in [7, 11) is -3.81. The van der Waals surface area contributed by atoms with E-state index in [4.69, 9.17) is 15.5 Å². The quantitative estimate of drug-likeness (QED) is 0.520. The molecule has 0 aromatic carbocycles. The molecule has 5 heteroatoms. The molecular weight excluding hydrogens is 153 g/mol. The second-order valence-electron chi connectivity index (χ2n) is 2.53. The van der Waals surface area contributed by atoms with Crippen molar-refractivity contribution in [3.8, 4) is 0 Å². The van der Waals surface area contributed by atoms with Gasteiger partial charge in [-0.1, -0.05) is 6.92 Å². The van der Waals surface area contributed by atoms with Crippen LogP contribution in [0.3, 0.4) is 0 Å². The molecule has 4 N–H and O–H groups in total. The van der Waals surface area contributed by atoms with Crippen LogP contribution in [0.25, 0.3) is 0 Å². The van der Waals surface area contributed by atoms with Gasteiger partial charge in [0.05, 0.1) is 6.16 Å². The van der Waals surface area contributed by atoms with E-state index in [2.05, 4.69) is 0 Å². The van der Waals surface area contributed by atoms with E-state index in [1.807, 2.05) is 0 Å². The molecule has 62 valence electrons. The first kappa shape index (κ1) is 10.1. The summed E-state index contributed by atoms with van der Waals surface area (Å²) < 4.78 is 10.4. The monoisotopic (exact) mass is 167 g/mol. The first-order valence-corrected chi connectivity index (χ1v) is 5.00. The van der Waals surface area contributed by atoms with E-state index in [-0.39, 0.29) is 12.1 Å². The van der Waals surface area contributed by atoms with Crippen LogP contribution in [0, 0.1) is 5.92 Å². The Morgan fingerprint density at radius 3 is 2.40 bits per heavy atom. The molecule has 10 heavy (non-hydrogen) atoms. The topological polar surface area (TPSA) is 83.6 Å². The van der Waals surface area contributed by atoms with Crippen LogP contribution in [0.4, 0.5) is 0 Å². The van der Waals surface area contributed by atoms with Crippen LogP contribution >= 0.6 is 7.60 Å². The predicted molar refractivity (Wildman–Crippen MR) is 39.7 cm³/mol. The summed E-state index contributed by atoms with van der Waals surface area (Å²) in [4.78, 5) is 17.0. The largest absolute Gasteiger partial charge is 0.330 e. The van der Waals surface area contributed by atoms with Crippen LogP contribution in [0.5, 0.6) is 0 Å². The third-order valence-corrected chi connectivity index (χ3v) is 2.31. The van der Waals surface area contributed by atoms with Gasteiger partial charge in [0.2, 0.25) is 0 Å². The molecule has 0 saturated carbocycles. The van der Waals surface area contributed by atoms with Crippen molar-refractivity contribution in [2.24, 2.45) is 11.7 Å².